The summed E-state index contributed by atoms with van der Waals surface area (Å²) in [6.45, 7) is 0.180. The van der Waals surface area contributed by atoms with Crippen molar-refractivity contribution in [3.05, 3.63) is 23.8 Å². The van der Waals surface area contributed by atoms with Gasteiger partial charge in [0.15, 0.2) is 5.13 Å². The first-order valence-corrected chi connectivity index (χ1v) is 4.87. The van der Waals surface area contributed by atoms with Crippen LogP contribution < -0.4 is 5.73 Å². The van der Waals surface area contributed by atoms with Crippen molar-refractivity contribution in [2.45, 2.75) is 6.42 Å². The summed E-state index contributed by atoms with van der Waals surface area (Å²) in [5, 5.41) is 9.35. The predicted octanol–water partition coefficient (Wildman–Crippen LogP) is 1.41. The van der Waals surface area contributed by atoms with Crippen LogP contribution in [0, 0.1) is 0 Å². The number of fused-ring (bicyclic) bond motifs is 1. The molecule has 0 bridgehead atoms. The zero-order chi connectivity index (χ0) is 9.26. The van der Waals surface area contributed by atoms with E-state index in [1.165, 1.54) is 11.3 Å². The summed E-state index contributed by atoms with van der Waals surface area (Å²) in [6, 6.07) is 5.94. The smallest absolute Gasteiger partial charge is 0.181 e. The van der Waals surface area contributed by atoms with Crippen molar-refractivity contribution < 1.29 is 5.11 Å². The van der Waals surface area contributed by atoms with Gasteiger partial charge in [-0.1, -0.05) is 17.4 Å². The molecule has 0 aliphatic heterocycles. The fourth-order valence-corrected chi connectivity index (χ4v) is 2.07. The van der Waals surface area contributed by atoms with Gasteiger partial charge in [-0.25, -0.2) is 4.98 Å². The number of nitrogen functional groups attached to an aromatic ring is 1. The molecular weight excluding hydrogens is 184 g/mol. The van der Waals surface area contributed by atoms with E-state index in [0.29, 0.717) is 11.6 Å². The molecule has 1 aromatic carbocycles. The van der Waals surface area contributed by atoms with Crippen molar-refractivity contribution in [2.24, 2.45) is 0 Å². The zero-order valence-electron chi connectivity index (χ0n) is 7.03. The Kier molecular flexibility index (Phi) is 2.16. The van der Waals surface area contributed by atoms with Gasteiger partial charge in [-0.05, 0) is 24.1 Å². The topological polar surface area (TPSA) is 59.1 Å². The van der Waals surface area contributed by atoms with Gasteiger partial charge in [0, 0.05) is 6.61 Å². The molecule has 0 amide bonds. The van der Waals surface area contributed by atoms with Crippen LogP contribution in [-0.2, 0) is 6.42 Å². The van der Waals surface area contributed by atoms with E-state index >= 15 is 0 Å². The molecule has 0 unspecified atom stereocenters. The molecule has 68 valence electrons. The number of aliphatic hydroxyl groups excluding tert-OH is 1. The number of rotatable bonds is 2. The van der Waals surface area contributed by atoms with Gasteiger partial charge in [0.1, 0.15) is 0 Å². The van der Waals surface area contributed by atoms with Crippen molar-refractivity contribution in [1.82, 2.24) is 4.98 Å². The van der Waals surface area contributed by atoms with Crippen LogP contribution in [0.1, 0.15) is 5.56 Å². The first-order chi connectivity index (χ1) is 6.29. The molecule has 0 atom stereocenters. The number of benzene rings is 1. The second kappa shape index (κ2) is 3.32. The third-order valence-electron chi connectivity index (χ3n) is 1.87. The van der Waals surface area contributed by atoms with E-state index in [9.17, 15) is 0 Å². The summed E-state index contributed by atoms with van der Waals surface area (Å²) in [7, 11) is 0. The van der Waals surface area contributed by atoms with Gasteiger partial charge in [0.25, 0.3) is 0 Å². The van der Waals surface area contributed by atoms with Crippen molar-refractivity contribution in [3.63, 3.8) is 0 Å². The van der Waals surface area contributed by atoms with E-state index < -0.39 is 0 Å². The van der Waals surface area contributed by atoms with Gasteiger partial charge < -0.3 is 10.8 Å². The summed E-state index contributed by atoms with van der Waals surface area (Å²) >= 11 is 1.48. The molecule has 0 saturated heterocycles. The van der Waals surface area contributed by atoms with Gasteiger partial charge in [-0.15, -0.1) is 0 Å². The highest BCUT2D eigenvalue weighted by atomic mass is 32.1. The Hall–Kier alpha value is -1.13. The Bertz CT molecular complexity index is 424. The minimum atomic E-state index is 0.180. The highest BCUT2D eigenvalue weighted by molar-refractivity contribution is 7.22. The Morgan fingerprint density at radius 2 is 2.31 bits per heavy atom. The molecular formula is C9H10N2OS. The minimum absolute atomic E-state index is 0.180. The van der Waals surface area contributed by atoms with Crippen LogP contribution in [-0.4, -0.2) is 16.7 Å². The number of nitrogens with zero attached hydrogens (tertiary/aromatic N) is 1. The Morgan fingerprint density at radius 3 is 3.08 bits per heavy atom. The maximum absolute atomic E-state index is 8.76. The van der Waals surface area contributed by atoms with Gasteiger partial charge in [0.05, 0.1) is 10.2 Å². The minimum Gasteiger partial charge on any atom is -0.396 e. The van der Waals surface area contributed by atoms with Crippen LogP contribution in [0.15, 0.2) is 18.2 Å². The SMILES string of the molecule is Nc1nc2ccc(CCO)cc2s1. The highest BCUT2D eigenvalue weighted by Crippen LogP contribution is 2.24. The molecule has 0 spiro atoms. The largest absolute Gasteiger partial charge is 0.396 e. The summed E-state index contributed by atoms with van der Waals surface area (Å²) in [6.07, 6.45) is 0.688. The van der Waals surface area contributed by atoms with Crippen LogP contribution in [0.3, 0.4) is 0 Å². The second-order valence-electron chi connectivity index (χ2n) is 2.83. The molecule has 3 N–H and O–H groups in total. The zero-order valence-corrected chi connectivity index (χ0v) is 7.84. The van der Waals surface area contributed by atoms with Crippen molar-refractivity contribution in [1.29, 1.82) is 0 Å². The lowest BCUT2D eigenvalue weighted by atomic mass is 10.1. The van der Waals surface area contributed by atoms with Crippen molar-refractivity contribution in [3.8, 4) is 0 Å². The van der Waals surface area contributed by atoms with Crippen LogP contribution in [0.5, 0.6) is 0 Å². The fourth-order valence-electron chi connectivity index (χ4n) is 1.27. The van der Waals surface area contributed by atoms with Crippen LogP contribution in [0.4, 0.5) is 5.13 Å². The van der Waals surface area contributed by atoms with Gasteiger partial charge in [-0.3, -0.25) is 0 Å². The molecule has 0 radical (unpaired) electrons. The Labute approximate surface area is 79.8 Å². The molecule has 0 aliphatic rings. The lowest BCUT2D eigenvalue weighted by molar-refractivity contribution is 0.299. The average Bonchev–Trinajstić information content (AvgIpc) is 2.44. The van der Waals surface area contributed by atoms with E-state index in [0.717, 1.165) is 15.8 Å². The van der Waals surface area contributed by atoms with E-state index in [4.69, 9.17) is 10.8 Å². The summed E-state index contributed by atoms with van der Waals surface area (Å²) < 4.78 is 1.09. The van der Waals surface area contributed by atoms with Gasteiger partial charge in [-0.2, -0.15) is 0 Å². The van der Waals surface area contributed by atoms with Crippen LogP contribution in [0.2, 0.25) is 0 Å². The molecule has 1 heterocycles. The third kappa shape index (κ3) is 1.64. The molecule has 1 aromatic heterocycles. The highest BCUT2D eigenvalue weighted by Gasteiger charge is 2.01. The summed E-state index contributed by atoms with van der Waals surface area (Å²) in [5.41, 5.74) is 7.63. The summed E-state index contributed by atoms with van der Waals surface area (Å²) in [5.74, 6) is 0. The summed E-state index contributed by atoms with van der Waals surface area (Å²) in [4.78, 5) is 4.15. The molecule has 0 fully saturated rings. The predicted molar refractivity (Wildman–Crippen MR) is 54.8 cm³/mol. The quantitative estimate of drug-likeness (QED) is 0.760. The molecule has 4 heteroatoms. The number of anilines is 1. The first-order valence-electron chi connectivity index (χ1n) is 4.05. The Balaban J connectivity index is 2.48. The first kappa shape index (κ1) is 8.47. The maximum atomic E-state index is 8.76. The van der Waals surface area contributed by atoms with Crippen LogP contribution >= 0.6 is 11.3 Å². The van der Waals surface area contributed by atoms with E-state index in [1.54, 1.807) is 0 Å². The number of thiazole rings is 1. The fraction of sp³-hybridized carbons (Fsp3) is 0.222. The lowest BCUT2D eigenvalue weighted by Crippen LogP contribution is -1.89. The number of hydrogen-bond acceptors (Lipinski definition) is 4. The van der Waals surface area contributed by atoms with E-state index in [2.05, 4.69) is 4.98 Å². The van der Waals surface area contributed by atoms with E-state index in [1.807, 2.05) is 18.2 Å². The molecule has 2 aromatic rings. The number of aromatic nitrogens is 1. The Morgan fingerprint density at radius 1 is 1.46 bits per heavy atom. The third-order valence-corrected chi connectivity index (χ3v) is 2.72. The van der Waals surface area contributed by atoms with E-state index in [-0.39, 0.29) is 6.61 Å². The van der Waals surface area contributed by atoms with Gasteiger partial charge in [0.2, 0.25) is 0 Å². The number of hydrogen-bond donors (Lipinski definition) is 2. The molecule has 0 saturated carbocycles. The standard InChI is InChI=1S/C9H10N2OS/c10-9-11-7-2-1-6(3-4-12)5-8(7)13-9/h1-2,5,12H,3-4H2,(H2,10,11). The number of aliphatic hydroxyl groups is 1. The molecule has 0 aliphatic carbocycles. The molecule has 3 nitrogen and oxygen atoms in total. The van der Waals surface area contributed by atoms with Crippen molar-refractivity contribution >= 4 is 26.7 Å². The second-order valence-corrected chi connectivity index (χ2v) is 3.89. The molecule has 13 heavy (non-hydrogen) atoms. The average molecular weight is 194 g/mol. The maximum Gasteiger partial charge on any atom is 0.181 e. The number of nitrogens with two attached hydrogens (primary N) is 1. The van der Waals surface area contributed by atoms with Gasteiger partial charge >= 0.3 is 0 Å². The lowest BCUT2D eigenvalue weighted by Gasteiger charge is -1.96. The monoisotopic (exact) mass is 194 g/mol. The van der Waals surface area contributed by atoms with Crippen molar-refractivity contribution in [2.75, 3.05) is 12.3 Å². The normalized spacial score (nSPS) is 10.8. The van der Waals surface area contributed by atoms with Crippen LogP contribution in [0.25, 0.3) is 10.2 Å². The molecule has 2 rings (SSSR count).